The predicted molar refractivity (Wildman–Crippen MR) is 34.1 cm³/mol. The van der Waals surface area contributed by atoms with Gasteiger partial charge in [-0.15, -0.1) is 18.1 Å². The molecule has 0 amide bonds. The molecule has 0 heterocycles. The van der Waals surface area contributed by atoms with Crippen molar-refractivity contribution in [2.45, 2.75) is 0 Å². The molecule has 0 spiro atoms. The molecule has 0 aliphatic carbocycles. The molecule has 0 aromatic rings. The molecule has 73 valence electrons. The molecule has 13 heteroatoms. The summed E-state index contributed by atoms with van der Waals surface area (Å²) < 4.78 is 53.3. The van der Waals surface area contributed by atoms with Crippen molar-refractivity contribution < 1.29 is 146 Å². The summed E-state index contributed by atoms with van der Waals surface area (Å²) >= 11 is 6.49. The van der Waals surface area contributed by atoms with E-state index < -0.39 is 18.1 Å². The monoisotopic (exact) mass is 365 g/mol. The minimum absolute atomic E-state index is 0. The SMILES string of the molecule is O=S([O-])([O-])=S.O=S([O-])([O-])=S.[Cu+2].[K+].[K+]. The first-order chi connectivity index (χ1) is 4.00. The van der Waals surface area contributed by atoms with E-state index in [1.807, 2.05) is 0 Å². The Morgan fingerprint density at radius 2 is 0.769 bits per heavy atom. The van der Waals surface area contributed by atoms with Crippen LogP contribution in [0.1, 0.15) is 0 Å². The van der Waals surface area contributed by atoms with E-state index in [-0.39, 0.29) is 120 Å². The Morgan fingerprint density at radius 3 is 0.769 bits per heavy atom. The van der Waals surface area contributed by atoms with Crippen LogP contribution >= 0.6 is 0 Å². The number of hydrogen-bond donors (Lipinski definition) is 0. The van der Waals surface area contributed by atoms with Crippen LogP contribution in [0.5, 0.6) is 0 Å². The van der Waals surface area contributed by atoms with E-state index in [9.17, 15) is 0 Å². The zero-order valence-electron chi connectivity index (χ0n) is 6.38. The zero-order valence-corrected chi connectivity index (χ0v) is 16.8. The Labute approximate surface area is 182 Å². The molecule has 0 aromatic heterocycles. The molecule has 6 nitrogen and oxygen atoms in total. The van der Waals surface area contributed by atoms with E-state index in [4.69, 9.17) is 26.6 Å². The van der Waals surface area contributed by atoms with Gasteiger partial charge in [-0.25, -0.2) is 0 Å². The van der Waals surface area contributed by atoms with Gasteiger partial charge < -0.3 is 18.2 Å². The first-order valence-corrected chi connectivity index (χ1v) is 6.00. The predicted octanol–water partition coefficient (Wildman–Crippen LogP) is -8.01. The van der Waals surface area contributed by atoms with Gasteiger partial charge >= 0.3 is 120 Å². The molecule has 0 saturated heterocycles. The van der Waals surface area contributed by atoms with Crippen molar-refractivity contribution in [2.24, 2.45) is 0 Å². The maximum atomic E-state index is 8.89. The van der Waals surface area contributed by atoms with Gasteiger partial charge in [0.15, 0.2) is 0 Å². The van der Waals surface area contributed by atoms with Crippen LogP contribution in [0.25, 0.3) is 0 Å². The quantitative estimate of drug-likeness (QED) is 0.387. The summed E-state index contributed by atoms with van der Waals surface area (Å²) in [6.45, 7) is 0. The van der Waals surface area contributed by atoms with E-state index in [1.54, 1.807) is 0 Å². The topological polar surface area (TPSA) is 126 Å². The molecule has 13 heavy (non-hydrogen) atoms. The fourth-order valence-corrected chi connectivity index (χ4v) is 0. The Balaban J connectivity index is -0.0000000267. The van der Waals surface area contributed by atoms with E-state index in [0.29, 0.717) is 0 Å². The molecule has 0 fully saturated rings. The van der Waals surface area contributed by atoms with Crippen LogP contribution in [-0.4, -0.2) is 26.6 Å². The average Bonchev–Trinajstić information content (AvgIpc) is 1.12. The van der Waals surface area contributed by atoms with Gasteiger partial charge in [0.1, 0.15) is 0 Å². The summed E-state index contributed by atoms with van der Waals surface area (Å²) in [5.74, 6) is 0. The second-order valence-electron chi connectivity index (χ2n) is 0.816. The van der Waals surface area contributed by atoms with Gasteiger partial charge in [-0.1, -0.05) is 0 Å². The Morgan fingerprint density at radius 1 is 0.769 bits per heavy atom. The Kier molecular flexibility index (Phi) is 33.8. The van der Waals surface area contributed by atoms with Crippen molar-refractivity contribution in [3.63, 3.8) is 0 Å². The average molecular weight is 366 g/mol. The molecule has 0 rings (SSSR count). The summed E-state index contributed by atoms with van der Waals surface area (Å²) in [7, 11) is -8.67. The van der Waals surface area contributed by atoms with Crippen LogP contribution < -0.4 is 103 Å². The van der Waals surface area contributed by atoms with Gasteiger partial charge in [-0.3, -0.25) is 8.42 Å². The molecular formula is CuK2O6S4. The molecule has 0 saturated carbocycles. The van der Waals surface area contributed by atoms with Crippen molar-refractivity contribution in [3.05, 3.63) is 0 Å². The smallest absolute Gasteiger partial charge is 0.780 e. The fourth-order valence-electron chi connectivity index (χ4n) is 0. The number of rotatable bonds is 0. The Hall–Kier alpha value is 4.37. The molecular weight excluding hydrogens is 366 g/mol. The van der Waals surface area contributed by atoms with E-state index in [0.717, 1.165) is 0 Å². The molecule has 0 aliphatic heterocycles. The Bertz CT molecular complexity index is 219. The van der Waals surface area contributed by atoms with Crippen molar-refractivity contribution >= 4 is 40.5 Å². The van der Waals surface area contributed by atoms with Crippen LogP contribution in [0.2, 0.25) is 0 Å². The fraction of sp³-hybridized carbons (Fsp3) is 0. The standard InChI is InChI=1S/Cu.2K.2H2O3S2/c;;;2*1-5(2,3)4/h;;;2*(H2,1,2,3,4)/q+2;2*+1;;/p-4. The van der Waals surface area contributed by atoms with Crippen molar-refractivity contribution in [1.82, 2.24) is 0 Å². The number of hydrogen-bond acceptors (Lipinski definition) is 8. The first-order valence-electron chi connectivity index (χ1n) is 1.33. The molecule has 0 aliphatic rings. The minimum Gasteiger partial charge on any atom is -0.780 e. The summed E-state index contributed by atoms with van der Waals surface area (Å²) in [5.41, 5.74) is 0. The summed E-state index contributed by atoms with van der Waals surface area (Å²) in [4.78, 5) is 0. The van der Waals surface area contributed by atoms with Gasteiger partial charge in [0.2, 0.25) is 0 Å². The molecule has 0 N–H and O–H groups in total. The maximum Gasteiger partial charge on any atom is 2.00 e. The van der Waals surface area contributed by atoms with Crippen molar-refractivity contribution in [1.29, 1.82) is 0 Å². The van der Waals surface area contributed by atoms with E-state index in [2.05, 4.69) is 22.4 Å². The third kappa shape index (κ3) is 177. The summed E-state index contributed by atoms with van der Waals surface area (Å²) in [6.07, 6.45) is 0. The molecule has 0 atom stereocenters. The van der Waals surface area contributed by atoms with Crippen molar-refractivity contribution in [3.8, 4) is 0 Å². The summed E-state index contributed by atoms with van der Waals surface area (Å²) in [6, 6.07) is 0. The van der Waals surface area contributed by atoms with Gasteiger partial charge in [0, 0.05) is 0 Å². The van der Waals surface area contributed by atoms with E-state index in [1.165, 1.54) is 0 Å². The maximum absolute atomic E-state index is 8.89. The van der Waals surface area contributed by atoms with Crippen LogP contribution in [0, 0.1) is 0 Å². The third-order valence-corrected chi connectivity index (χ3v) is 0. The molecule has 0 aromatic carbocycles. The largest absolute Gasteiger partial charge is 2.00 e. The first kappa shape index (κ1) is 30.4. The van der Waals surface area contributed by atoms with Gasteiger partial charge in [0.05, 0.1) is 0 Å². The van der Waals surface area contributed by atoms with Crippen LogP contribution in [0.15, 0.2) is 0 Å². The second kappa shape index (κ2) is 14.4. The van der Waals surface area contributed by atoms with Crippen LogP contribution in [0.3, 0.4) is 0 Å². The van der Waals surface area contributed by atoms with Crippen LogP contribution in [-0.2, 0) is 57.6 Å². The van der Waals surface area contributed by atoms with Crippen molar-refractivity contribution in [2.75, 3.05) is 0 Å². The second-order valence-corrected chi connectivity index (χ2v) is 4.90. The van der Waals surface area contributed by atoms with Gasteiger partial charge in [-0.2, -0.15) is 0 Å². The van der Waals surface area contributed by atoms with Crippen LogP contribution in [0.4, 0.5) is 0 Å². The normalized spacial score (nSPS) is 8.92. The summed E-state index contributed by atoms with van der Waals surface area (Å²) in [5, 5.41) is 0. The van der Waals surface area contributed by atoms with E-state index >= 15 is 0 Å². The molecule has 1 radical (unpaired) electrons. The van der Waals surface area contributed by atoms with Gasteiger partial charge in [0.25, 0.3) is 0 Å². The third-order valence-electron chi connectivity index (χ3n) is 0. The molecule has 0 bridgehead atoms. The minimum atomic E-state index is -4.33. The zero-order chi connectivity index (χ0) is 9.00. The van der Waals surface area contributed by atoms with Gasteiger partial charge in [-0.05, 0) is 22.4 Å². The molecule has 0 unspecified atom stereocenters.